The summed E-state index contributed by atoms with van der Waals surface area (Å²) in [7, 11) is 0. The largest absolute Gasteiger partial charge is 0.332 e. The van der Waals surface area contributed by atoms with Crippen LogP contribution >= 0.6 is 11.6 Å². The Balaban J connectivity index is 1.72. The lowest BCUT2D eigenvalue weighted by atomic mass is 10.2. The molecule has 0 saturated carbocycles. The lowest BCUT2D eigenvalue weighted by Crippen LogP contribution is -2.39. The third kappa shape index (κ3) is 3.50. The topological polar surface area (TPSA) is 82.6 Å². The van der Waals surface area contributed by atoms with Gasteiger partial charge in [-0.05, 0) is 43.3 Å². The van der Waals surface area contributed by atoms with Gasteiger partial charge < -0.3 is 5.32 Å². The molecule has 3 rings (SSSR count). The fourth-order valence-electron chi connectivity index (χ4n) is 2.58. The minimum atomic E-state index is -0.797. The fourth-order valence-corrected chi connectivity index (χ4v) is 2.69. The molecule has 1 aromatic carbocycles. The number of benzene rings is 1. The lowest BCUT2D eigenvalue weighted by molar-refractivity contribution is -0.130. The number of rotatable bonds is 4. The van der Waals surface area contributed by atoms with Crippen LogP contribution in [0.3, 0.4) is 0 Å². The summed E-state index contributed by atoms with van der Waals surface area (Å²) in [6.45, 7) is 1.09. The maximum atomic E-state index is 13.1. The Labute approximate surface area is 153 Å². The quantitative estimate of drug-likeness (QED) is 0.832. The van der Waals surface area contributed by atoms with Crippen LogP contribution in [-0.2, 0) is 9.59 Å². The van der Waals surface area contributed by atoms with Crippen LogP contribution in [0, 0.1) is 5.82 Å². The molecule has 26 heavy (non-hydrogen) atoms. The molecule has 4 amide bonds. The average molecular weight is 377 g/mol. The summed E-state index contributed by atoms with van der Waals surface area (Å²) in [6, 6.07) is 6.80. The zero-order valence-electron chi connectivity index (χ0n) is 13.6. The summed E-state index contributed by atoms with van der Waals surface area (Å²) in [5.74, 6) is -1.29. The number of imide groups is 1. The summed E-state index contributed by atoms with van der Waals surface area (Å²) >= 11 is 5.72. The van der Waals surface area contributed by atoms with E-state index in [1.165, 1.54) is 41.4 Å². The van der Waals surface area contributed by atoms with E-state index in [1.807, 2.05) is 0 Å². The van der Waals surface area contributed by atoms with Crippen LogP contribution in [0.5, 0.6) is 0 Å². The summed E-state index contributed by atoms with van der Waals surface area (Å²) in [5, 5.41) is 2.90. The Kier molecular flexibility index (Phi) is 4.85. The second-order valence-electron chi connectivity index (χ2n) is 5.64. The van der Waals surface area contributed by atoms with Crippen molar-refractivity contribution in [2.45, 2.75) is 13.0 Å². The van der Waals surface area contributed by atoms with Crippen molar-refractivity contribution in [3.05, 3.63) is 53.4 Å². The molecule has 0 bridgehead atoms. The number of amides is 4. The predicted molar refractivity (Wildman–Crippen MR) is 93.3 cm³/mol. The molecule has 9 heteroatoms. The highest BCUT2D eigenvalue weighted by molar-refractivity contribution is 6.30. The molecule has 2 aromatic rings. The Morgan fingerprint density at radius 2 is 1.92 bits per heavy atom. The molecule has 1 aromatic heterocycles. The van der Waals surface area contributed by atoms with Gasteiger partial charge in [0.15, 0.2) is 0 Å². The summed E-state index contributed by atoms with van der Waals surface area (Å²) in [4.78, 5) is 43.1. The maximum absolute atomic E-state index is 13.1. The van der Waals surface area contributed by atoms with Gasteiger partial charge in [0, 0.05) is 11.9 Å². The number of anilines is 2. The van der Waals surface area contributed by atoms with Gasteiger partial charge in [0.25, 0.3) is 5.91 Å². The minimum Gasteiger partial charge on any atom is -0.309 e. The third-order valence-electron chi connectivity index (χ3n) is 3.85. The van der Waals surface area contributed by atoms with Gasteiger partial charge in [-0.15, -0.1) is 0 Å². The normalized spacial score (nSPS) is 17.0. The number of hydrogen-bond acceptors (Lipinski definition) is 4. The summed E-state index contributed by atoms with van der Waals surface area (Å²) in [6.07, 6.45) is 1.36. The standard InChI is InChI=1S/C17H14ClFN4O3/c1-10-16(25)22(9-15(24)21-14-7-2-11(18)8-20-14)17(26)23(10)13-5-3-12(19)4-6-13/h2-8,10H,9H2,1H3,(H,20,21,24). The molecule has 1 aliphatic heterocycles. The zero-order valence-corrected chi connectivity index (χ0v) is 14.4. The monoisotopic (exact) mass is 376 g/mol. The first-order chi connectivity index (χ1) is 12.4. The van der Waals surface area contributed by atoms with Crippen LogP contribution in [0.15, 0.2) is 42.6 Å². The van der Waals surface area contributed by atoms with Gasteiger partial charge in [-0.3, -0.25) is 19.4 Å². The minimum absolute atomic E-state index is 0.252. The predicted octanol–water partition coefficient (Wildman–Crippen LogP) is 2.67. The highest BCUT2D eigenvalue weighted by Gasteiger charge is 2.44. The average Bonchev–Trinajstić information content (AvgIpc) is 2.82. The Morgan fingerprint density at radius 1 is 1.23 bits per heavy atom. The number of halogens is 2. The van der Waals surface area contributed by atoms with Gasteiger partial charge in [-0.2, -0.15) is 0 Å². The van der Waals surface area contributed by atoms with E-state index >= 15 is 0 Å². The Bertz CT molecular complexity index is 857. The van der Waals surface area contributed by atoms with Crippen molar-refractivity contribution in [3.63, 3.8) is 0 Å². The van der Waals surface area contributed by atoms with Crippen LogP contribution in [0.2, 0.25) is 5.02 Å². The number of urea groups is 1. The number of nitrogens with one attached hydrogen (secondary N) is 1. The number of aromatic nitrogens is 1. The lowest BCUT2D eigenvalue weighted by Gasteiger charge is -2.19. The van der Waals surface area contributed by atoms with E-state index in [4.69, 9.17) is 11.6 Å². The summed E-state index contributed by atoms with van der Waals surface area (Å²) in [5.41, 5.74) is 0.375. The number of carbonyl (C=O) groups excluding carboxylic acids is 3. The third-order valence-corrected chi connectivity index (χ3v) is 4.07. The molecule has 1 saturated heterocycles. The molecule has 1 unspecified atom stereocenters. The van der Waals surface area contributed by atoms with Crippen molar-refractivity contribution in [3.8, 4) is 0 Å². The second kappa shape index (κ2) is 7.09. The molecule has 134 valence electrons. The molecule has 1 aliphatic rings. The van der Waals surface area contributed by atoms with E-state index in [1.54, 1.807) is 13.0 Å². The Hall–Kier alpha value is -3.00. The van der Waals surface area contributed by atoms with Crippen molar-refractivity contribution in [2.24, 2.45) is 0 Å². The van der Waals surface area contributed by atoms with Crippen LogP contribution < -0.4 is 10.2 Å². The molecule has 0 spiro atoms. The first-order valence-electron chi connectivity index (χ1n) is 7.68. The van der Waals surface area contributed by atoms with E-state index in [2.05, 4.69) is 10.3 Å². The van der Waals surface area contributed by atoms with Crippen LogP contribution in [0.25, 0.3) is 0 Å². The highest BCUT2D eigenvalue weighted by Crippen LogP contribution is 2.25. The molecule has 0 aliphatic carbocycles. The highest BCUT2D eigenvalue weighted by atomic mass is 35.5. The van der Waals surface area contributed by atoms with Gasteiger partial charge in [0.1, 0.15) is 24.2 Å². The maximum Gasteiger partial charge on any atom is 0.332 e. The molecule has 7 nitrogen and oxygen atoms in total. The first kappa shape index (κ1) is 17.8. The van der Waals surface area contributed by atoms with E-state index < -0.39 is 36.2 Å². The van der Waals surface area contributed by atoms with Crippen LogP contribution in [0.1, 0.15) is 6.92 Å². The van der Waals surface area contributed by atoms with Crippen molar-refractivity contribution < 1.29 is 18.8 Å². The van der Waals surface area contributed by atoms with Gasteiger partial charge in [-0.25, -0.2) is 14.2 Å². The van der Waals surface area contributed by atoms with Crippen molar-refractivity contribution in [1.29, 1.82) is 0 Å². The van der Waals surface area contributed by atoms with E-state index in [-0.39, 0.29) is 5.82 Å². The second-order valence-corrected chi connectivity index (χ2v) is 6.08. The van der Waals surface area contributed by atoms with Gasteiger partial charge in [0.05, 0.1) is 5.02 Å². The zero-order chi connectivity index (χ0) is 18.8. The van der Waals surface area contributed by atoms with Crippen molar-refractivity contribution in [1.82, 2.24) is 9.88 Å². The number of hydrogen-bond donors (Lipinski definition) is 1. The van der Waals surface area contributed by atoms with Crippen molar-refractivity contribution in [2.75, 3.05) is 16.8 Å². The first-order valence-corrected chi connectivity index (χ1v) is 8.06. The van der Waals surface area contributed by atoms with Gasteiger partial charge in [0.2, 0.25) is 5.91 Å². The van der Waals surface area contributed by atoms with Crippen molar-refractivity contribution >= 4 is 41.0 Å². The molecule has 1 N–H and O–H groups in total. The Morgan fingerprint density at radius 3 is 2.54 bits per heavy atom. The van der Waals surface area contributed by atoms with Gasteiger partial charge >= 0.3 is 6.03 Å². The van der Waals surface area contributed by atoms with E-state index in [0.29, 0.717) is 10.7 Å². The SMILES string of the molecule is CC1C(=O)N(CC(=O)Nc2ccc(Cl)cn2)C(=O)N1c1ccc(F)cc1. The van der Waals surface area contributed by atoms with Gasteiger partial charge in [-0.1, -0.05) is 11.6 Å². The molecule has 1 fully saturated rings. The van der Waals surface area contributed by atoms with E-state index in [0.717, 1.165) is 4.90 Å². The van der Waals surface area contributed by atoms with Crippen LogP contribution in [0.4, 0.5) is 20.7 Å². The van der Waals surface area contributed by atoms with Crippen LogP contribution in [-0.4, -0.2) is 40.3 Å². The molecule has 0 radical (unpaired) electrons. The number of pyridine rings is 1. The fraction of sp³-hybridized carbons (Fsp3) is 0.176. The molecule has 1 atom stereocenters. The molecular formula is C17H14ClFN4O3. The number of nitrogens with zero attached hydrogens (tertiary/aromatic N) is 3. The molecule has 2 heterocycles. The van der Waals surface area contributed by atoms with E-state index in [9.17, 15) is 18.8 Å². The number of carbonyl (C=O) groups is 3. The summed E-state index contributed by atoms with van der Waals surface area (Å²) < 4.78 is 13.1. The molecular weight excluding hydrogens is 363 g/mol. The smallest absolute Gasteiger partial charge is 0.309 e.